The first-order chi connectivity index (χ1) is 7.56. The molecule has 0 aliphatic heterocycles. The first-order valence-electron chi connectivity index (χ1n) is 5.26. The highest BCUT2D eigenvalue weighted by molar-refractivity contribution is 5.95. The third-order valence-electron chi connectivity index (χ3n) is 2.59. The van der Waals surface area contributed by atoms with Crippen molar-refractivity contribution >= 4 is 24.1 Å². The fraction of sp³-hybridized carbons (Fsp3) is 0.455. The van der Waals surface area contributed by atoms with Crippen molar-refractivity contribution in [3.63, 3.8) is 0 Å². The standard InChI is InChI=1S/C11H17N3O2.ClH/c1-3-7(2)9(12)11(16)14-10-8(15)5-4-6-13-10;/h4-7,9,15H,3,12H2,1-2H3,(H,13,14,16);1H. The summed E-state index contributed by atoms with van der Waals surface area (Å²) < 4.78 is 0. The van der Waals surface area contributed by atoms with Crippen LogP contribution in [0, 0.1) is 5.92 Å². The third-order valence-corrected chi connectivity index (χ3v) is 2.59. The van der Waals surface area contributed by atoms with Crippen LogP contribution < -0.4 is 11.1 Å². The van der Waals surface area contributed by atoms with E-state index in [0.717, 1.165) is 6.42 Å². The van der Waals surface area contributed by atoms with Gasteiger partial charge in [-0.15, -0.1) is 12.4 Å². The average Bonchev–Trinajstić information content (AvgIpc) is 2.30. The molecule has 1 heterocycles. The quantitative estimate of drug-likeness (QED) is 0.765. The molecule has 17 heavy (non-hydrogen) atoms. The van der Waals surface area contributed by atoms with E-state index in [-0.39, 0.29) is 35.8 Å². The van der Waals surface area contributed by atoms with Gasteiger partial charge >= 0.3 is 0 Å². The fourth-order valence-electron chi connectivity index (χ4n) is 1.21. The minimum Gasteiger partial charge on any atom is -0.504 e. The van der Waals surface area contributed by atoms with Crippen LogP contribution in [0.5, 0.6) is 5.75 Å². The van der Waals surface area contributed by atoms with E-state index in [4.69, 9.17) is 5.73 Å². The Morgan fingerprint density at radius 2 is 2.29 bits per heavy atom. The molecule has 5 nitrogen and oxygen atoms in total. The molecule has 96 valence electrons. The molecule has 0 fully saturated rings. The van der Waals surface area contributed by atoms with Gasteiger partial charge in [-0.1, -0.05) is 20.3 Å². The molecule has 1 aromatic rings. The number of carbonyl (C=O) groups is 1. The summed E-state index contributed by atoms with van der Waals surface area (Å²) in [7, 11) is 0. The molecule has 0 spiro atoms. The summed E-state index contributed by atoms with van der Waals surface area (Å²) in [5, 5.41) is 11.9. The number of hydrogen-bond donors (Lipinski definition) is 3. The van der Waals surface area contributed by atoms with Crippen molar-refractivity contribution in [2.24, 2.45) is 11.7 Å². The second-order valence-electron chi connectivity index (χ2n) is 3.77. The molecule has 0 saturated carbocycles. The van der Waals surface area contributed by atoms with Gasteiger partial charge in [0.1, 0.15) is 0 Å². The summed E-state index contributed by atoms with van der Waals surface area (Å²) in [5.41, 5.74) is 5.75. The van der Waals surface area contributed by atoms with E-state index >= 15 is 0 Å². The predicted octanol–water partition coefficient (Wildman–Crippen LogP) is 1.52. The number of hydrogen-bond acceptors (Lipinski definition) is 4. The number of rotatable bonds is 4. The lowest BCUT2D eigenvalue weighted by atomic mass is 9.99. The molecule has 0 aliphatic carbocycles. The smallest absolute Gasteiger partial charge is 0.242 e. The SMILES string of the molecule is CCC(C)C(N)C(=O)Nc1ncccc1O.Cl. The molecule has 1 rings (SSSR count). The van der Waals surface area contributed by atoms with E-state index in [1.54, 1.807) is 6.07 Å². The molecule has 0 saturated heterocycles. The van der Waals surface area contributed by atoms with Crippen LogP contribution in [-0.2, 0) is 4.79 Å². The molecule has 0 bridgehead atoms. The Labute approximate surface area is 107 Å². The van der Waals surface area contributed by atoms with Gasteiger partial charge in [-0.05, 0) is 18.1 Å². The van der Waals surface area contributed by atoms with Gasteiger partial charge in [-0.2, -0.15) is 0 Å². The molecule has 4 N–H and O–H groups in total. The van der Waals surface area contributed by atoms with Crippen LogP contribution in [0.4, 0.5) is 5.82 Å². The molecule has 2 unspecified atom stereocenters. The van der Waals surface area contributed by atoms with Gasteiger partial charge in [0.2, 0.25) is 5.91 Å². The summed E-state index contributed by atoms with van der Waals surface area (Å²) in [4.78, 5) is 15.5. The number of aromatic hydroxyl groups is 1. The summed E-state index contributed by atoms with van der Waals surface area (Å²) in [5.74, 6) is -0.160. The average molecular weight is 260 g/mol. The Morgan fingerprint density at radius 1 is 1.65 bits per heavy atom. The molecule has 1 aromatic heterocycles. The van der Waals surface area contributed by atoms with Crippen LogP contribution in [0.1, 0.15) is 20.3 Å². The zero-order valence-electron chi connectivity index (χ0n) is 9.88. The van der Waals surface area contributed by atoms with Crippen molar-refractivity contribution < 1.29 is 9.90 Å². The number of nitrogens with two attached hydrogens (primary N) is 1. The maximum atomic E-state index is 11.7. The summed E-state index contributed by atoms with van der Waals surface area (Å²) in [6.07, 6.45) is 2.31. The summed E-state index contributed by atoms with van der Waals surface area (Å²) in [6, 6.07) is 2.45. The molecule has 0 aromatic carbocycles. The number of carbonyl (C=O) groups excluding carboxylic acids is 1. The monoisotopic (exact) mass is 259 g/mol. The van der Waals surface area contributed by atoms with Gasteiger partial charge in [-0.3, -0.25) is 4.79 Å². The summed E-state index contributed by atoms with van der Waals surface area (Å²) >= 11 is 0. The van der Waals surface area contributed by atoms with Crippen LogP contribution >= 0.6 is 12.4 Å². The van der Waals surface area contributed by atoms with Crippen molar-refractivity contribution in [3.8, 4) is 5.75 Å². The Bertz CT molecular complexity index is 373. The topological polar surface area (TPSA) is 88.2 Å². The maximum absolute atomic E-state index is 11.7. The normalized spacial score (nSPS) is 13.4. The molecular weight excluding hydrogens is 242 g/mol. The van der Waals surface area contributed by atoms with Crippen molar-refractivity contribution in [2.75, 3.05) is 5.32 Å². The number of nitrogens with zero attached hydrogens (tertiary/aromatic N) is 1. The second-order valence-corrected chi connectivity index (χ2v) is 3.77. The Kier molecular flexibility index (Phi) is 6.53. The van der Waals surface area contributed by atoms with Gasteiger partial charge in [0.15, 0.2) is 11.6 Å². The lowest BCUT2D eigenvalue weighted by molar-refractivity contribution is -0.118. The molecule has 0 radical (unpaired) electrons. The Balaban J connectivity index is 0.00000256. The number of halogens is 1. The minimum absolute atomic E-state index is 0. The van der Waals surface area contributed by atoms with E-state index in [0.29, 0.717) is 0 Å². The van der Waals surface area contributed by atoms with E-state index in [2.05, 4.69) is 10.3 Å². The number of aromatic nitrogens is 1. The highest BCUT2D eigenvalue weighted by Crippen LogP contribution is 2.19. The minimum atomic E-state index is -0.591. The number of pyridine rings is 1. The van der Waals surface area contributed by atoms with Gasteiger partial charge in [0.05, 0.1) is 6.04 Å². The highest BCUT2D eigenvalue weighted by Gasteiger charge is 2.20. The lowest BCUT2D eigenvalue weighted by Gasteiger charge is -2.17. The van der Waals surface area contributed by atoms with Crippen molar-refractivity contribution in [2.45, 2.75) is 26.3 Å². The van der Waals surface area contributed by atoms with Crippen LogP contribution in [0.25, 0.3) is 0 Å². The molecule has 6 heteroatoms. The Morgan fingerprint density at radius 3 is 2.82 bits per heavy atom. The molecule has 2 atom stereocenters. The molecular formula is C11H18ClN3O2. The van der Waals surface area contributed by atoms with E-state index in [1.165, 1.54) is 12.3 Å². The van der Waals surface area contributed by atoms with Crippen molar-refractivity contribution in [1.82, 2.24) is 4.98 Å². The van der Waals surface area contributed by atoms with Gasteiger partial charge in [0, 0.05) is 6.20 Å². The van der Waals surface area contributed by atoms with E-state index in [9.17, 15) is 9.90 Å². The zero-order valence-corrected chi connectivity index (χ0v) is 10.7. The van der Waals surface area contributed by atoms with E-state index < -0.39 is 6.04 Å². The third kappa shape index (κ3) is 4.20. The first-order valence-corrected chi connectivity index (χ1v) is 5.26. The van der Waals surface area contributed by atoms with Crippen LogP contribution in [0.2, 0.25) is 0 Å². The van der Waals surface area contributed by atoms with Gasteiger partial charge in [0.25, 0.3) is 0 Å². The van der Waals surface area contributed by atoms with Crippen LogP contribution in [-0.4, -0.2) is 22.0 Å². The fourth-order valence-corrected chi connectivity index (χ4v) is 1.21. The Hall–Kier alpha value is -1.33. The number of amides is 1. The number of nitrogens with one attached hydrogen (secondary N) is 1. The van der Waals surface area contributed by atoms with Crippen LogP contribution in [0.15, 0.2) is 18.3 Å². The largest absolute Gasteiger partial charge is 0.504 e. The second kappa shape index (κ2) is 7.09. The molecule has 1 amide bonds. The van der Waals surface area contributed by atoms with Crippen molar-refractivity contribution in [1.29, 1.82) is 0 Å². The summed E-state index contributed by atoms with van der Waals surface area (Å²) in [6.45, 7) is 3.87. The van der Waals surface area contributed by atoms with Gasteiger partial charge in [-0.25, -0.2) is 4.98 Å². The van der Waals surface area contributed by atoms with E-state index in [1.807, 2.05) is 13.8 Å². The lowest BCUT2D eigenvalue weighted by Crippen LogP contribution is -2.40. The first kappa shape index (κ1) is 15.7. The predicted molar refractivity (Wildman–Crippen MR) is 69.2 cm³/mol. The van der Waals surface area contributed by atoms with Crippen molar-refractivity contribution in [3.05, 3.63) is 18.3 Å². The molecule has 0 aliphatic rings. The highest BCUT2D eigenvalue weighted by atomic mass is 35.5. The van der Waals surface area contributed by atoms with Gasteiger partial charge < -0.3 is 16.2 Å². The maximum Gasteiger partial charge on any atom is 0.242 e. The zero-order chi connectivity index (χ0) is 12.1. The van der Waals surface area contributed by atoms with Crippen LogP contribution in [0.3, 0.4) is 0 Å². The number of anilines is 1.